The first-order valence-electron chi connectivity index (χ1n) is 10.6. The predicted octanol–water partition coefficient (Wildman–Crippen LogP) is 5.11. The number of pyridine rings is 1. The van der Waals surface area contributed by atoms with Crippen molar-refractivity contribution in [3.05, 3.63) is 82.1 Å². The van der Waals surface area contributed by atoms with Gasteiger partial charge in [0.25, 0.3) is 17.2 Å². The lowest BCUT2D eigenvalue weighted by atomic mass is 10.1. The first-order valence-corrected chi connectivity index (χ1v) is 12.1. The molecule has 0 fully saturated rings. The summed E-state index contributed by atoms with van der Waals surface area (Å²) in [7, 11) is 1.58. The van der Waals surface area contributed by atoms with Crippen molar-refractivity contribution in [2.75, 3.05) is 23.3 Å². The van der Waals surface area contributed by atoms with Crippen LogP contribution < -0.4 is 14.4 Å². The molecule has 1 aromatic heterocycles. The zero-order chi connectivity index (χ0) is 26.2. The van der Waals surface area contributed by atoms with Crippen molar-refractivity contribution in [2.24, 2.45) is 0 Å². The van der Waals surface area contributed by atoms with E-state index >= 15 is 0 Å². The van der Waals surface area contributed by atoms with Crippen LogP contribution in [-0.2, 0) is 17.7 Å². The Hall–Kier alpha value is -3.59. The Morgan fingerprint density at radius 3 is 2.58 bits per heavy atom. The van der Waals surface area contributed by atoms with Crippen molar-refractivity contribution in [2.45, 2.75) is 19.3 Å². The fraction of sp³-hybridized carbons (Fsp3) is 0.208. The zero-order valence-corrected chi connectivity index (χ0v) is 20.6. The summed E-state index contributed by atoms with van der Waals surface area (Å²) in [6.45, 7) is 0.114. The Labute approximate surface area is 213 Å². The molecule has 0 saturated heterocycles. The van der Waals surface area contributed by atoms with Crippen molar-refractivity contribution in [3.63, 3.8) is 0 Å². The second-order valence-corrected chi connectivity index (χ2v) is 8.76. The van der Waals surface area contributed by atoms with Crippen LogP contribution in [0.25, 0.3) is 0 Å². The molecule has 3 aromatic rings. The lowest BCUT2D eigenvalue weighted by Gasteiger charge is -2.22. The third kappa shape index (κ3) is 6.34. The quantitative estimate of drug-likeness (QED) is 0.276. The standard InChI is InChI=1S/C24H21ClF2N4O4S/c1-35-16-7-5-15(6-8-16)4-2-3-13-31(36(33)34)20-10-9-18(26)23(21(20)25)30-24(32)17-11-12-29-19(14-28)22(17)27/h5-12H,2-4,13H2,1H3,(H,30,32)(H,33,34). The number of halogens is 3. The van der Waals surface area contributed by atoms with Crippen LogP contribution in [0.5, 0.6) is 5.75 Å². The van der Waals surface area contributed by atoms with Gasteiger partial charge >= 0.3 is 0 Å². The SMILES string of the molecule is COc1ccc(CCCCN(c2ccc(F)c(NC(=O)c3ccnc(C#N)c3F)c2Cl)S(=O)O)cc1. The van der Waals surface area contributed by atoms with E-state index in [0.717, 1.165) is 40.4 Å². The largest absolute Gasteiger partial charge is 0.497 e. The Morgan fingerprint density at radius 1 is 1.22 bits per heavy atom. The van der Waals surface area contributed by atoms with Gasteiger partial charge in [0.05, 0.1) is 29.1 Å². The Kier molecular flexibility index (Phi) is 9.30. The van der Waals surface area contributed by atoms with E-state index in [0.29, 0.717) is 12.8 Å². The molecule has 36 heavy (non-hydrogen) atoms. The molecule has 188 valence electrons. The monoisotopic (exact) mass is 534 g/mol. The Morgan fingerprint density at radius 2 is 1.94 bits per heavy atom. The van der Waals surface area contributed by atoms with Crippen LogP contribution >= 0.6 is 11.6 Å². The lowest BCUT2D eigenvalue weighted by Crippen LogP contribution is -2.27. The number of carbonyl (C=O) groups is 1. The molecule has 1 unspecified atom stereocenters. The van der Waals surface area contributed by atoms with Gasteiger partial charge in [-0.25, -0.2) is 18.0 Å². The number of nitriles is 1. The molecule has 0 aliphatic heterocycles. The molecule has 2 aromatic carbocycles. The van der Waals surface area contributed by atoms with Gasteiger partial charge in [0.1, 0.15) is 17.6 Å². The number of aromatic nitrogens is 1. The molecule has 0 aliphatic carbocycles. The zero-order valence-electron chi connectivity index (χ0n) is 19.0. The fourth-order valence-electron chi connectivity index (χ4n) is 3.39. The van der Waals surface area contributed by atoms with Crippen LogP contribution in [0, 0.1) is 23.0 Å². The number of carbonyl (C=O) groups excluding carboxylic acids is 1. The summed E-state index contributed by atoms with van der Waals surface area (Å²) in [5.74, 6) is -2.43. The number of ether oxygens (including phenoxy) is 1. The highest BCUT2D eigenvalue weighted by molar-refractivity contribution is 7.80. The number of methoxy groups -OCH3 is 1. The molecule has 0 spiro atoms. The number of rotatable bonds is 10. The second-order valence-electron chi connectivity index (χ2n) is 7.48. The maximum Gasteiger partial charge on any atom is 0.261 e. The number of nitrogens with zero attached hydrogens (tertiary/aromatic N) is 3. The molecule has 1 amide bonds. The number of anilines is 2. The number of hydrogen-bond donors (Lipinski definition) is 2. The van der Waals surface area contributed by atoms with Gasteiger partial charge in [-0.1, -0.05) is 23.7 Å². The maximum atomic E-state index is 14.5. The van der Waals surface area contributed by atoms with E-state index in [4.69, 9.17) is 21.6 Å². The second kappa shape index (κ2) is 12.4. The number of unbranched alkanes of at least 4 members (excludes halogenated alkanes) is 1. The molecule has 2 N–H and O–H groups in total. The van der Waals surface area contributed by atoms with Crippen molar-refractivity contribution >= 4 is 40.1 Å². The summed E-state index contributed by atoms with van der Waals surface area (Å²) in [5.41, 5.74) is -0.558. The normalized spacial score (nSPS) is 11.4. The van der Waals surface area contributed by atoms with Gasteiger partial charge in [-0.2, -0.15) is 5.26 Å². The van der Waals surface area contributed by atoms with Crippen LogP contribution in [0.2, 0.25) is 5.02 Å². The molecular weight excluding hydrogens is 514 g/mol. The number of hydrogen-bond acceptors (Lipinski definition) is 5. The highest BCUT2D eigenvalue weighted by Gasteiger charge is 2.23. The molecule has 3 rings (SSSR count). The van der Waals surface area contributed by atoms with Gasteiger partial charge < -0.3 is 10.1 Å². The molecular formula is C24H21ClF2N4O4S. The number of amides is 1. The average molecular weight is 535 g/mol. The van der Waals surface area contributed by atoms with Crippen LogP contribution in [0.3, 0.4) is 0 Å². The fourth-order valence-corrected chi connectivity index (χ4v) is 4.34. The van der Waals surface area contributed by atoms with E-state index in [-0.39, 0.29) is 17.3 Å². The van der Waals surface area contributed by atoms with Crippen LogP contribution in [-0.4, -0.2) is 33.3 Å². The van der Waals surface area contributed by atoms with Crippen molar-refractivity contribution in [1.29, 1.82) is 5.26 Å². The summed E-state index contributed by atoms with van der Waals surface area (Å²) >= 11 is 3.81. The minimum atomic E-state index is -2.50. The van der Waals surface area contributed by atoms with E-state index in [2.05, 4.69) is 10.3 Å². The maximum absolute atomic E-state index is 14.5. The van der Waals surface area contributed by atoms with Gasteiger partial charge in [0, 0.05) is 12.7 Å². The smallest absolute Gasteiger partial charge is 0.261 e. The molecule has 1 heterocycles. The molecule has 8 nitrogen and oxygen atoms in total. The summed E-state index contributed by atoms with van der Waals surface area (Å²) in [5, 5.41) is 10.7. The van der Waals surface area contributed by atoms with Gasteiger partial charge in [0.2, 0.25) is 0 Å². The van der Waals surface area contributed by atoms with E-state index in [1.807, 2.05) is 24.3 Å². The Bertz CT molecular complexity index is 1320. The number of nitrogens with one attached hydrogen (secondary N) is 1. The third-order valence-corrected chi connectivity index (χ3v) is 6.38. The average Bonchev–Trinajstić information content (AvgIpc) is 2.87. The summed E-state index contributed by atoms with van der Waals surface area (Å²) < 4.78 is 56.9. The highest BCUT2D eigenvalue weighted by atomic mass is 35.5. The molecule has 0 radical (unpaired) electrons. The third-order valence-electron chi connectivity index (χ3n) is 5.24. The van der Waals surface area contributed by atoms with Crippen LogP contribution in [0.1, 0.15) is 34.5 Å². The van der Waals surface area contributed by atoms with E-state index in [1.165, 1.54) is 12.1 Å². The number of benzene rings is 2. The molecule has 0 saturated carbocycles. The van der Waals surface area contributed by atoms with Gasteiger partial charge in [0.15, 0.2) is 11.5 Å². The van der Waals surface area contributed by atoms with E-state index in [1.54, 1.807) is 7.11 Å². The first kappa shape index (κ1) is 27.0. The van der Waals surface area contributed by atoms with E-state index in [9.17, 15) is 22.3 Å². The molecule has 0 bridgehead atoms. The van der Waals surface area contributed by atoms with Crippen molar-refractivity contribution < 1.29 is 27.1 Å². The predicted molar refractivity (Wildman–Crippen MR) is 132 cm³/mol. The topological polar surface area (TPSA) is 116 Å². The minimum Gasteiger partial charge on any atom is -0.497 e. The molecule has 12 heteroatoms. The summed E-state index contributed by atoms with van der Waals surface area (Å²) in [4.78, 5) is 16.1. The van der Waals surface area contributed by atoms with Crippen LogP contribution in [0.4, 0.5) is 20.2 Å². The van der Waals surface area contributed by atoms with E-state index < -0.39 is 45.8 Å². The van der Waals surface area contributed by atoms with Gasteiger partial charge in [-0.05, 0) is 55.2 Å². The van der Waals surface area contributed by atoms with Crippen molar-refractivity contribution in [3.8, 4) is 11.8 Å². The number of aryl methyl sites for hydroxylation is 1. The first-order chi connectivity index (χ1) is 17.3. The lowest BCUT2D eigenvalue weighted by molar-refractivity contribution is 0.102. The van der Waals surface area contributed by atoms with Gasteiger partial charge in [-0.3, -0.25) is 13.7 Å². The Balaban J connectivity index is 1.75. The minimum absolute atomic E-state index is 0.00608. The summed E-state index contributed by atoms with van der Waals surface area (Å²) in [6.07, 6.45) is 2.97. The van der Waals surface area contributed by atoms with Gasteiger partial charge in [-0.15, -0.1) is 0 Å². The van der Waals surface area contributed by atoms with Crippen molar-refractivity contribution in [1.82, 2.24) is 4.98 Å². The highest BCUT2D eigenvalue weighted by Crippen LogP contribution is 2.36. The summed E-state index contributed by atoms with van der Waals surface area (Å²) in [6, 6.07) is 12.3. The molecule has 0 aliphatic rings. The van der Waals surface area contributed by atoms with Crippen LogP contribution in [0.15, 0.2) is 48.7 Å². The molecule has 1 atom stereocenters.